The third kappa shape index (κ3) is 4.05. The van der Waals surface area contributed by atoms with Crippen LogP contribution in [0.15, 0.2) is 24.3 Å². The van der Waals surface area contributed by atoms with Crippen LogP contribution in [-0.4, -0.2) is 45.0 Å². The molecular weight excluding hydrogens is 368 g/mol. The molecule has 0 fully saturated rings. The minimum Gasteiger partial charge on any atom is -0.467 e. The van der Waals surface area contributed by atoms with Gasteiger partial charge in [-0.3, -0.25) is 0 Å². The molecule has 0 radical (unpaired) electrons. The van der Waals surface area contributed by atoms with E-state index in [-0.39, 0.29) is 5.92 Å². The smallest absolute Gasteiger partial charge is 0.328 e. The molecule has 1 atom stereocenters. The van der Waals surface area contributed by atoms with Crippen molar-refractivity contribution in [2.75, 3.05) is 12.4 Å². The van der Waals surface area contributed by atoms with Gasteiger partial charge in [-0.1, -0.05) is 37.3 Å². The summed E-state index contributed by atoms with van der Waals surface area (Å²) in [5, 5.41) is 18.7. The summed E-state index contributed by atoms with van der Waals surface area (Å²) in [6.45, 7) is 5.49. The first-order chi connectivity index (χ1) is 12.9. The molecule has 2 N–H and O–H groups in total. The highest BCUT2D eigenvalue weighted by molar-refractivity contribution is 7.19. The third-order valence-electron chi connectivity index (χ3n) is 3.92. The number of ether oxygens (including phenoxy) is 1. The lowest BCUT2D eigenvalue weighted by Gasteiger charge is -2.20. The Morgan fingerprint density at radius 2 is 2.04 bits per heavy atom. The molecule has 0 aliphatic rings. The highest BCUT2D eigenvalue weighted by Crippen LogP contribution is 2.27. The lowest BCUT2D eigenvalue weighted by atomic mass is 10.1. The fraction of sp³-hybridized carbons (Fsp3) is 0.353. The van der Waals surface area contributed by atoms with E-state index in [2.05, 4.69) is 25.9 Å². The van der Waals surface area contributed by atoms with Gasteiger partial charge in [0.15, 0.2) is 5.82 Å². The van der Waals surface area contributed by atoms with E-state index in [9.17, 15) is 9.59 Å². The van der Waals surface area contributed by atoms with Crippen LogP contribution in [0.4, 0.5) is 10.5 Å². The fourth-order valence-corrected chi connectivity index (χ4v) is 3.38. The first-order valence-electron chi connectivity index (χ1n) is 8.33. The summed E-state index contributed by atoms with van der Waals surface area (Å²) < 4.78 is 6.41. The van der Waals surface area contributed by atoms with E-state index < -0.39 is 18.0 Å². The molecule has 0 saturated heterocycles. The summed E-state index contributed by atoms with van der Waals surface area (Å²) in [6.07, 6.45) is 0. The number of hydrogen-bond donors (Lipinski definition) is 2. The van der Waals surface area contributed by atoms with Crippen LogP contribution in [0.5, 0.6) is 0 Å². The fourth-order valence-electron chi connectivity index (χ4n) is 2.49. The van der Waals surface area contributed by atoms with Gasteiger partial charge in [0.25, 0.3) is 0 Å². The van der Waals surface area contributed by atoms with Crippen molar-refractivity contribution in [2.45, 2.75) is 26.8 Å². The average molecular weight is 388 g/mol. The van der Waals surface area contributed by atoms with Gasteiger partial charge in [-0.2, -0.15) is 9.61 Å². The second-order valence-corrected chi connectivity index (χ2v) is 7.23. The molecule has 3 aromatic rings. The largest absolute Gasteiger partial charge is 0.467 e. The first kappa shape index (κ1) is 18.8. The van der Waals surface area contributed by atoms with Gasteiger partial charge < -0.3 is 15.4 Å². The maximum atomic E-state index is 12.3. The Bertz CT molecular complexity index is 980. The molecule has 0 saturated carbocycles. The molecule has 1 aromatic carbocycles. The number of anilines is 1. The van der Waals surface area contributed by atoms with Crippen LogP contribution < -0.4 is 10.6 Å². The second kappa shape index (κ2) is 7.70. The van der Waals surface area contributed by atoms with Crippen LogP contribution in [-0.2, 0) is 9.53 Å². The third-order valence-corrected chi connectivity index (χ3v) is 4.87. The molecular formula is C17H20N6O3S. The summed E-state index contributed by atoms with van der Waals surface area (Å²) in [4.78, 5) is 24.8. The zero-order valence-corrected chi connectivity index (χ0v) is 16.2. The standard InChI is InChI=1S/C17H20N6O3S/c1-9(2)13(15(24)26-4)19-16(25)18-12-7-5-6-11(8-12)14-22-23-10(3)20-21-17(23)27-14/h5-9,13H,1-4H3,(H2,18,19,25). The molecule has 27 heavy (non-hydrogen) atoms. The Labute approximate surface area is 159 Å². The van der Waals surface area contributed by atoms with Crippen LogP contribution in [0, 0.1) is 12.8 Å². The summed E-state index contributed by atoms with van der Waals surface area (Å²) in [7, 11) is 1.29. The molecule has 2 amide bonds. The highest BCUT2D eigenvalue weighted by atomic mass is 32.1. The first-order valence-corrected chi connectivity index (χ1v) is 9.15. The van der Waals surface area contributed by atoms with Crippen molar-refractivity contribution in [3.05, 3.63) is 30.1 Å². The van der Waals surface area contributed by atoms with Gasteiger partial charge >= 0.3 is 12.0 Å². The average Bonchev–Trinajstić information content (AvgIpc) is 3.21. The number of benzene rings is 1. The van der Waals surface area contributed by atoms with Gasteiger partial charge in [0.2, 0.25) is 4.96 Å². The number of hydrogen-bond acceptors (Lipinski definition) is 7. The Morgan fingerprint density at radius 3 is 2.70 bits per heavy atom. The second-order valence-electron chi connectivity index (χ2n) is 6.27. The van der Waals surface area contributed by atoms with Gasteiger partial charge in [0.05, 0.1) is 7.11 Å². The Kier molecular flexibility index (Phi) is 5.36. The van der Waals surface area contributed by atoms with Crippen LogP contribution in [0.25, 0.3) is 15.5 Å². The molecule has 0 bridgehead atoms. The molecule has 0 aliphatic carbocycles. The molecule has 3 rings (SSSR count). The van der Waals surface area contributed by atoms with Crippen LogP contribution >= 0.6 is 11.3 Å². The molecule has 2 heterocycles. The number of carbonyl (C=O) groups is 2. The van der Waals surface area contributed by atoms with E-state index >= 15 is 0 Å². The maximum absolute atomic E-state index is 12.3. The minimum atomic E-state index is -0.722. The number of rotatable bonds is 5. The normalized spacial score (nSPS) is 12.2. The lowest BCUT2D eigenvalue weighted by molar-refractivity contribution is -0.143. The van der Waals surface area contributed by atoms with Gasteiger partial charge in [0, 0.05) is 11.3 Å². The van der Waals surface area contributed by atoms with Crippen molar-refractivity contribution in [1.82, 2.24) is 25.1 Å². The molecule has 0 aliphatic heterocycles. The molecule has 0 spiro atoms. The number of methoxy groups -OCH3 is 1. The topological polar surface area (TPSA) is 111 Å². The van der Waals surface area contributed by atoms with Gasteiger partial charge in [0.1, 0.15) is 11.0 Å². The van der Waals surface area contributed by atoms with Gasteiger partial charge in [-0.05, 0) is 25.0 Å². The number of aromatic nitrogens is 4. The van der Waals surface area contributed by atoms with E-state index in [0.29, 0.717) is 16.5 Å². The summed E-state index contributed by atoms with van der Waals surface area (Å²) in [5.41, 5.74) is 1.43. The van der Waals surface area contributed by atoms with Crippen LogP contribution in [0.1, 0.15) is 19.7 Å². The predicted molar refractivity (Wildman–Crippen MR) is 102 cm³/mol. The predicted octanol–water partition coefficient (Wildman–Crippen LogP) is 2.48. The van der Waals surface area contributed by atoms with E-state index in [1.54, 1.807) is 10.6 Å². The van der Waals surface area contributed by atoms with Crippen molar-refractivity contribution < 1.29 is 14.3 Å². The van der Waals surface area contributed by atoms with E-state index in [1.807, 2.05) is 39.0 Å². The number of nitrogens with zero attached hydrogens (tertiary/aromatic N) is 4. The Morgan fingerprint density at radius 1 is 1.26 bits per heavy atom. The van der Waals surface area contributed by atoms with Gasteiger partial charge in [-0.25, -0.2) is 9.59 Å². The monoisotopic (exact) mass is 388 g/mol. The number of esters is 1. The molecule has 10 heteroatoms. The van der Waals surface area contributed by atoms with Crippen LogP contribution in [0.2, 0.25) is 0 Å². The quantitative estimate of drug-likeness (QED) is 0.650. The van der Waals surface area contributed by atoms with Crippen molar-refractivity contribution in [3.8, 4) is 10.6 Å². The maximum Gasteiger partial charge on any atom is 0.328 e. The van der Waals surface area contributed by atoms with Crippen molar-refractivity contribution in [2.24, 2.45) is 5.92 Å². The van der Waals surface area contributed by atoms with E-state index in [4.69, 9.17) is 4.74 Å². The van der Waals surface area contributed by atoms with Crippen molar-refractivity contribution in [3.63, 3.8) is 0 Å². The Hall–Kier alpha value is -3.01. The zero-order chi connectivity index (χ0) is 19.6. The van der Waals surface area contributed by atoms with Crippen LogP contribution in [0.3, 0.4) is 0 Å². The van der Waals surface area contributed by atoms with Crippen molar-refractivity contribution in [1.29, 1.82) is 0 Å². The van der Waals surface area contributed by atoms with E-state index in [0.717, 1.165) is 10.6 Å². The SMILES string of the molecule is COC(=O)C(NC(=O)Nc1cccc(-c2nn3c(C)nnc3s2)c1)C(C)C. The Balaban J connectivity index is 1.75. The number of fused-ring (bicyclic) bond motifs is 1. The number of nitrogens with one attached hydrogen (secondary N) is 2. The summed E-state index contributed by atoms with van der Waals surface area (Å²) >= 11 is 1.41. The number of amides is 2. The number of carbonyl (C=O) groups excluding carboxylic acids is 2. The van der Waals surface area contributed by atoms with Gasteiger partial charge in [-0.15, -0.1) is 10.2 Å². The molecule has 142 valence electrons. The summed E-state index contributed by atoms with van der Waals surface area (Å²) in [6, 6.07) is 6.08. The zero-order valence-electron chi connectivity index (χ0n) is 15.4. The molecule has 2 aromatic heterocycles. The molecule has 9 nitrogen and oxygen atoms in total. The van der Waals surface area contributed by atoms with E-state index in [1.165, 1.54) is 18.4 Å². The molecule has 1 unspecified atom stereocenters. The minimum absolute atomic E-state index is 0.0992. The number of aryl methyl sites for hydroxylation is 1. The summed E-state index contributed by atoms with van der Waals surface area (Å²) in [5.74, 6) is 0.130. The highest BCUT2D eigenvalue weighted by Gasteiger charge is 2.24. The van der Waals surface area contributed by atoms with Crippen molar-refractivity contribution >= 4 is 34.0 Å². The number of urea groups is 1. The lowest BCUT2D eigenvalue weighted by Crippen LogP contribution is -2.46.